The number of halogens is 1. The van der Waals surface area contributed by atoms with Crippen molar-refractivity contribution in [1.82, 2.24) is 15.0 Å². The van der Waals surface area contributed by atoms with Gasteiger partial charge in [-0.1, -0.05) is 6.07 Å². The second-order valence-corrected chi connectivity index (χ2v) is 3.29. The highest BCUT2D eigenvalue weighted by Gasteiger charge is 2.13. The van der Waals surface area contributed by atoms with Crippen molar-refractivity contribution in [2.45, 2.75) is 0 Å². The Morgan fingerprint density at radius 1 is 1.26 bits per heavy atom. The van der Waals surface area contributed by atoms with Crippen molar-refractivity contribution in [1.29, 1.82) is 5.26 Å². The van der Waals surface area contributed by atoms with Gasteiger partial charge in [-0.25, -0.2) is 4.39 Å². The fourth-order valence-electron chi connectivity index (χ4n) is 1.29. The van der Waals surface area contributed by atoms with E-state index in [1.54, 1.807) is 6.07 Å². The third-order valence-corrected chi connectivity index (χ3v) is 2.08. The van der Waals surface area contributed by atoms with Gasteiger partial charge in [-0.2, -0.15) is 15.2 Å². The second-order valence-electron chi connectivity index (χ2n) is 3.29. The number of nitriles is 1. The molecule has 1 aromatic carbocycles. The van der Waals surface area contributed by atoms with Gasteiger partial charge >= 0.3 is 12.0 Å². The van der Waals surface area contributed by atoms with E-state index < -0.39 is 5.82 Å². The molecular weight excluding hydrogens is 253 g/mol. The van der Waals surface area contributed by atoms with Crippen LogP contribution in [-0.4, -0.2) is 22.1 Å². The van der Waals surface area contributed by atoms with E-state index in [2.05, 4.69) is 15.0 Å². The lowest BCUT2D eigenvalue weighted by Gasteiger charge is -2.07. The number of rotatable bonds is 3. The number of benzene rings is 1. The summed E-state index contributed by atoms with van der Waals surface area (Å²) in [5.74, 6) is -0.832. The Labute approximate surface area is 107 Å². The van der Waals surface area contributed by atoms with Crippen LogP contribution in [0.4, 0.5) is 10.3 Å². The van der Waals surface area contributed by atoms with Crippen molar-refractivity contribution in [3.63, 3.8) is 0 Å². The predicted octanol–water partition coefficient (Wildman–Crippen LogP) is 1.27. The van der Waals surface area contributed by atoms with Gasteiger partial charge in [0, 0.05) is 0 Å². The number of nitrogen functional groups attached to an aromatic ring is 1. The van der Waals surface area contributed by atoms with E-state index >= 15 is 0 Å². The van der Waals surface area contributed by atoms with Gasteiger partial charge in [0.2, 0.25) is 5.95 Å². The summed E-state index contributed by atoms with van der Waals surface area (Å²) in [6.07, 6.45) is 0. The molecule has 0 unspecified atom stereocenters. The molecule has 2 aromatic rings. The number of hydrogen-bond donors (Lipinski definition) is 1. The van der Waals surface area contributed by atoms with E-state index in [0.717, 1.165) is 6.07 Å². The summed E-state index contributed by atoms with van der Waals surface area (Å²) < 4.78 is 23.4. The van der Waals surface area contributed by atoms with Gasteiger partial charge in [-0.15, -0.1) is 4.98 Å². The van der Waals surface area contributed by atoms with Crippen molar-refractivity contribution in [2.24, 2.45) is 0 Å². The SMILES string of the molecule is COc1nc(N)nc(Oc2cccc(F)c2C#N)n1. The molecule has 0 amide bonds. The van der Waals surface area contributed by atoms with Crippen LogP contribution in [0, 0.1) is 17.1 Å². The molecule has 0 spiro atoms. The molecule has 0 radical (unpaired) electrons. The molecule has 2 N–H and O–H groups in total. The summed E-state index contributed by atoms with van der Waals surface area (Å²) >= 11 is 0. The summed E-state index contributed by atoms with van der Waals surface area (Å²) in [6, 6.07) is 5.41. The normalized spacial score (nSPS) is 9.74. The number of nitrogens with zero attached hydrogens (tertiary/aromatic N) is 4. The first-order valence-corrected chi connectivity index (χ1v) is 5.06. The molecule has 0 saturated heterocycles. The summed E-state index contributed by atoms with van der Waals surface area (Å²) in [5, 5.41) is 8.86. The molecule has 0 aliphatic rings. The average Bonchev–Trinajstić information content (AvgIpc) is 2.38. The molecule has 0 saturated carbocycles. The Bertz CT molecular complexity index is 656. The van der Waals surface area contributed by atoms with Crippen LogP contribution >= 0.6 is 0 Å². The van der Waals surface area contributed by atoms with E-state index in [0.29, 0.717) is 0 Å². The molecule has 0 bridgehead atoms. The predicted molar refractivity (Wildman–Crippen MR) is 62.0 cm³/mol. The van der Waals surface area contributed by atoms with E-state index in [4.69, 9.17) is 20.5 Å². The summed E-state index contributed by atoms with van der Waals surface area (Å²) in [5.41, 5.74) is 5.18. The molecule has 0 aliphatic heterocycles. The lowest BCUT2D eigenvalue weighted by molar-refractivity contribution is 0.359. The highest BCUT2D eigenvalue weighted by atomic mass is 19.1. The largest absolute Gasteiger partial charge is 0.467 e. The number of aromatic nitrogens is 3. The number of anilines is 1. The van der Waals surface area contributed by atoms with Crippen molar-refractivity contribution in [3.8, 4) is 23.8 Å². The molecule has 96 valence electrons. The highest BCUT2D eigenvalue weighted by Crippen LogP contribution is 2.25. The van der Waals surface area contributed by atoms with Crippen LogP contribution in [0.5, 0.6) is 17.8 Å². The zero-order valence-corrected chi connectivity index (χ0v) is 9.79. The van der Waals surface area contributed by atoms with Gasteiger partial charge in [0.25, 0.3) is 0 Å². The van der Waals surface area contributed by atoms with Crippen LogP contribution in [0.2, 0.25) is 0 Å². The molecule has 19 heavy (non-hydrogen) atoms. The minimum Gasteiger partial charge on any atom is -0.467 e. The maximum Gasteiger partial charge on any atom is 0.330 e. The van der Waals surface area contributed by atoms with Crippen molar-refractivity contribution in [3.05, 3.63) is 29.6 Å². The Morgan fingerprint density at radius 2 is 2.00 bits per heavy atom. The monoisotopic (exact) mass is 261 g/mol. The van der Waals surface area contributed by atoms with E-state index in [1.165, 1.54) is 19.2 Å². The Balaban J connectivity index is 2.39. The molecule has 7 nitrogen and oxygen atoms in total. The van der Waals surface area contributed by atoms with E-state index in [-0.39, 0.29) is 29.3 Å². The van der Waals surface area contributed by atoms with Gasteiger partial charge in [0.1, 0.15) is 17.4 Å². The molecule has 0 fully saturated rings. The molecule has 2 rings (SSSR count). The number of methoxy groups -OCH3 is 1. The zero-order chi connectivity index (χ0) is 13.8. The van der Waals surface area contributed by atoms with Gasteiger partial charge in [-0.05, 0) is 12.1 Å². The quantitative estimate of drug-likeness (QED) is 0.886. The number of nitrogens with two attached hydrogens (primary N) is 1. The minimum absolute atomic E-state index is 0.0184. The van der Waals surface area contributed by atoms with Crippen molar-refractivity contribution < 1.29 is 13.9 Å². The first kappa shape index (κ1) is 12.5. The Kier molecular flexibility index (Phi) is 3.38. The number of ether oxygens (including phenoxy) is 2. The minimum atomic E-state index is -0.700. The van der Waals surface area contributed by atoms with Crippen LogP contribution in [-0.2, 0) is 0 Å². The zero-order valence-electron chi connectivity index (χ0n) is 9.79. The lowest BCUT2D eigenvalue weighted by atomic mass is 10.2. The highest BCUT2D eigenvalue weighted by molar-refractivity contribution is 5.45. The fraction of sp³-hybridized carbons (Fsp3) is 0.0909. The summed E-state index contributed by atoms with van der Waals surface area (Å²) in [7, 11) is 1.35. The number of hydrogen-bond acceptors (Lipinski definition) is 7. The third kappa shape index (κ3) is 2.66. The van der Waals surface area contributed by atoms with Gasteiger partial charge < -0.3 is 15.2 Å². The van der Waals surface area contributed by atoms with Crippen LogP contribution in [0.1, 0.15) is 5.56 Å². The van der Waals surface area contributed by atoms with Gasteiger partial charge in [0.15, 0.2) is 5.75 Å². The molecular formula is C11H8FN5O2. The van der Waals surface area contributed by atoms with Gasteiger partial charge in [-0.3, -0.25) is 0 Å². The molecule has 0 atom stereocenters. The molecule has 0 aliphatic carbocycles. The van der Waals surface area contributed by atoms with E-state index in [9.17, 15) is 4.39 Å². The topological polar surface area (TPSA) is 107 Å². The standard InChI is InChI=1S/C11H8FN5O2/c1-18-10-15-9(14)16-11(17-10)19-8-4-2-3-7(12)6(8)5-13/h2-4H,1H3,(H2,14,15,16,17). The first-order valence-electron chi connectivity index (χ1n) is 5.06. The van der Waals surface area contributed by atoms with Crippen LogP contribution in [0.3, 0.4) is 0 Å². The third-order valence-electron chi connectivity index (χ3n) is 2.08. The maximum absolute atomic E-state index is 13.4. The van der Waals surface area contributed by atoms with Crippen molar-refractivity contribution >= 4 is 5.95 Å². The van der Waals surface area contributed by atoms with Crippen molar-refractivity contribution in [2.75, 3.05) is 12.8 Å². The fourth-order valence-corrected chi connectivity index (χ4v) is 1.29. The van der Waals surface area contributed by atoms with E-state index in [1.807, 2.05) is 0 Å². The lowest BCUT2D eigenvalue weighted by Crippen LogP contribution is -2.03. The first-order chi connectivity index (χ1) is 9.13. The maximum atomic E-state index is 13.4. The molecule has 1 heterocycles. The average molecular weight is 261 g/mol. The Hall–Kier alpha value is -2.95. The smallest absolute Gasteiger partial charge is 0.330 e. The molecule has 1 aromatic heterocycles. The summed E-state index contributed by atoms with van der Waals surface area (Å²) in [4.78, 5) is 11.1. The molecule has 8 heteroatoms. The summed E-state index contributed by atoms with van der Waals surface area (Å²) in [6.45, 7) is 0. The van der Waals surface area contributed by atoms with Crippen LogP contribution in [0.15, 0.2) is 18.2 Å². The Morgan fingerprint density at radius 3 is 2.68 bits per heavy atom. The van der Waals surface area contributed by atoms with Crippen LogP contribution in [0.25, 0.3) is 0 Å². The second kappa shape index (κ2) is 5.14. The van der Waals surface area contributed by atoms with Gasteiger partial charge in [0.05, 0.1) is 7.11 Å². The van der Waals surface area contributed by atoms with Crippen LogP contribution < -0.4 is 15.2 Å².